The molecule has 0 bridgehead atoms. The van der Waals surface area contributed by atoms with Crippen molar-refractivity contribution in [3.63, 3.8) is 0 Å². The Morgan fingerprint density at radius 2 is 2.08 bits per heavy atom. The van der Waals surface area contributed by atoms with Gasteiger partial charge in [-0.3, -0.25) is 4.99 Å². The molecule has 2 aromatic rings. The minimum Gasteiger partial charge on any atom is -0.361 e. The second kappa shape index (κ2) is 10.3. The van der Waals surface area contributed by atoms with Crippen LogP contribution in [0.3, 0.4) is 0 Å². The Morgan fingerprint density at radius 3 is 2.73 bits per heavy atom. The number of benzene rings is 1. The number of guanidine groups is 1. The molecule has 5 nitrogen and oxygen atoms in total. The molecule has 2 rings (SSSR count). The first-order valence-electron chi connectivity index (χ1n) is 8.89. The molecule has 1 aromatic heterocycles. The standard InChI is InChI=1S/C19H26BrFN4O/c1-4-22-19(24-11-9-17-13(2)25-26-14(17)3)23-10-5-6-15-7-8-16(20)12-18(15)21/h7-8,12H,4-6,9-11H2,1-3H3,(H2,22,23,24). The SMILES string of the molecule is CCNC(=NCCCc1ccc(Br)cc1F)NCCc1c(C)noc1C. The van der Waals surface area contributed by atoms with E-state index in [4.69, 9.17) is 4.52 Å². The van der Waals surface area contributed by atoms with E-state index in [2.05, 4.69) is 36.7 Å². The molecule has 0 saturated heterocycles. The van der Waals surface area contributed by atoms with Crippen molar-refractivity contribution in [2.45, 2.75) is 40.0 Å². The third-order valence-electron chi connectivity index (χ3n) is 4.08. The molecule has 7 heteroatoms. The Morgan fingerprint density at radius 1 is 1.27 bits per heavy atom. The van der Waals surface area contributed by atoms with E-state index in [1.807, 2.05) is 32.9 Å². The van der Waals surface area contributed by atoms with Crippen molar-refractivity contribution in [3.05, 3.63) is 51.1 Å². The number of hydrogen-bond acceptors (Lipinski definition) is 3. The second-order valence-electron chi connectivity index (χ2n) is 6.08. The number of halogens is 2. The molecule has 0 amide bonds. The molecule has 26 heavy (non-hydrogen) atoms. The van der Waals surface area contributed by atoms with E-state index in [9.17, 15) is 4.39 Å². The predicted octanol–water partition coefficient (Wildman–Crippen LogP) is 3.92. The zero-order chi connectivity index (χ0) is 18.9. The molecular formula is C19H26BrFN4O. The van der Waals surface area contributed by atoms with Gasteiger partial charge < -0.3 is 15.2 Å². The average molecular weight is 425 g/mol. The van der Waals surface area contributed by atoms with Gasteiger partial charge in [0.1, 0.15) is 11.6 Å². The number of nitrogens with zero attached hydrogens (tertiary/aromatic N) is 2. The van der Waals surface area contributed by atoms with Crippen molar-refractivity contribution in [1.82, 2.24) is 15.8 Å². The molecular weight excluding hydrogens is 399 g/mol. The third-order valence-corrected chi connectivity index (χ3v) is 4.58. The predicted molar refractivity (Wildman–Crippen MR) is 106 cm³/mol. The van der Waals surface area contributed by atoms with Gasteiger partial charge in [-0.15, -0.1) is 0 Å². The Balaban J connectivity index is 1.80. The summed E-state index contributed by atoms with van der Waals surface area (Å²) < 4.78 is 19.8. The fourth-order valence-corrected chi connectivity index (χ4v) is 3.02. The highest BCUT2D eigenvalue weighted by atomic mass is 79.9. The maximum Gasteiger partial charge on any atom is 0.191 e. The molecule has 0 aliphatic rings. The summed E-state index contributed by atoms with van der Waals surface area (Å²) in [5.41, 5.74) is 2.79. The van der Waals surface area contributed by atoms with Crippen LogP contribution in [0.4, 0.5) is 4.39 Å². The van der Waals surface area contributed by atoms with Crippen LogP contribution in [0.1, 0.15) is 35.9 Å². The monoisotopic (exact) mass is 424 g/mol. The molecule has 0 unspecified atom stereocenters. The molecule has 1 heterocycles. The van der Waals surface area contributed by atoms with E-state index in [1.165, 1.54) is 6.07 Å². The van der Waals surface area contributed by atoms with E-state index in [0.717, 1.165) is 58.9 Å². The average Bonchev–Trinajstić information content (AvgIpc) is 2.92. The largest absolute Gasteiger partial charge is 0.361 e. The summed E-state index contributed by atoms with van der Waals surface area (Å²) in [5, 5.41) is 10.5. The molecule has 142 valence electrons. The molecule has 0 atom stereocenters. The summed E-state index contributed by atoms with van der Waals surface area (Å²) in [7, 11) is 0. The lowest BCUT2D eigenvalue weighted by Gasteiger charge is -2.11. The van der Waals surface area contributed by atoms with E-state index in [0.29, 0.717) is 13.0 Å². The quantitative estimate of drug-likeness (QED) is 0.382. The van der Waals surface area contributed by atoms with Gasteiger partial charge in [0, 0.05) is 29.7 Å². The van der Waals surface area contributed by atoms with Crippen LogP contribution in [0, 0.1) is 19.7 Å². The van der Waals surface area contributed by atoms with Gasteiger partial charge in [-0.1, -0.05) is 27.2 Å². The van der Waals surface area contributed by atoms with Crippen LogP contribution in [0.15, 0.2) is 32.2 Å². The highest BCUT2D eigenvalue weighted by Gasteiger charge is 2.08. The first kappa shape index (κ1) is 20.4. The van der Waals surface area contributed by atoms with Gasteiger partial charge in [-0.25, -0.2) is 4.39 Å². The zero-order valence-electron chi connectivity index (χ0n) is 15.5. The Kier molecular flexibility index (Phi) is 8.09. The van der Waals surface area contributed by atoms with Crippen molar-refractivity contribution < 1.29 is 8.91 Å². The molecule has 0 fully saturated rings. The molecule has 1 aromatic carbocycles. The second-order valence-corrected chi connectivity index (χ2v) is 7.00. The molecule has 0 aliphatic carbocycles. The van der Waals surface area contributed by atoms with Gasteiger partial charge in [-0.05, 0) is 57.7 Å². The molecule has 0 spiro atoms. The summed E-state index contributed by atoms with van der Waals surface area (Å²) in [6, 6.07) is 5.18. The number of hydrogen-bond donors (Lipinski definition) is 2. The minimum atomic E-state index is -0.173. The zero-order valence-corrected chi connectivity index (χ0v) is 17.1. The van der Waals surface area contributed by atoms with Crippen LogP contribution in [0.5, 0.6) is 0 Å². The van der Waals surface area contributed by atoms with Crippen LogP contribution in [0.25, 0.3) is 0 Å². The van der Waals surface area contributed by atoms with Crippen molar-refractivity contribution >= 4 is 21.9 Å². The van der Waals surface area contributed by atoms with Crippen molar-refractivity contribution in [1.29, 1.82) is 0 Å². The topological polar surface area (TPSA) is 62.5 Å². The normalized spacial score (nSPS) is 11.7. The summed E-state index contributed by atoms with van der Waals surface area (Å²) in [5.74, 6) is 1.46. The van der Waals surface area contributed by atoms with Gasteiger partial charge >= 0.3 is 0 Å². The molecule has 2 N–H and O–H groups in total. The number of aromatic nitrogens is 1. The highest BCUT2D eigenvalue weighted by molar-refractivity contribution is 9.10. The fourth-order valence-electron chi connectivity index (χ4n) is 2.69. The van der Waals surface area contributed by atoms with E-state index >= 15 is 0 Å². The fraction of sp³-hybridized carbons (Fsp3) is 0.474. The van der Waals surface area contributed by atoms with E-state index in [1.54, 1.807) is 0 Å². The summed E-state index contributed by atoms with van der Waals surface area (Å²) in [6.07, 6.45) is 2.29. The van der Waals surface area contributed by atoms with E-state index < -0.39 is 0 Å². The summed E-state index contributed by atoms with van der Waals surface area (Å²) in [4.78, 5) is 4.56. The van der Waals surface area contributed by atoms with E-state index in [-0.39, 0.29) is 5.82 Å². The first-order chi connectivity index (χ1) is 12.5. The molecule has 0 radical (unpaired) electrons. The van der Waals surface area contributed by atoms with Crippen LogP contribution in [-0.2, 0) is 12.8 Å². The smallest absolute Gasteiger partial charge is 0.191 e. The Labute approximate surface area is 162 Å². The minimum absolute atomic E-state index is 0.173. The number of aryl methyl sites for hydroxylation is 3. The lowest BCUT2D eigenvalue weighted by Crippen LogP contribution is -2.38. The summed E-state index contributed by atoms with van der Waals surface area (Å²) >= 11 is 3.27. The molecule has 0 saturated carbocycles. The van der Waals surface area contributed by atoms with Crippen LogP contribution >= 0.6 is 15.9 Å². The van der Waals surface area contributed by atoms with Gasteiger partial charge in [0.15, 0.2) is 5.96 Å². The Bertz CT molecular complexity index is 726. The van der Waals surface area contributed by atoms with Gasteiger partial charge in [0.25, 0.3) is 0 Å². The van der Waals surface area contributed by atoms with Crippen LogP contribution in [0.2, 0.25) is 0 Å². The summed E-state index contributed by atoms with van der Waals surface area (Å²) in [6.45, 7) is 8.08. The van der Waals surface area contributed by atoms with Gasteiger partial charge in [-0.2, -0.15) is 0 Å². The molecule has 0 aliphatic heterocycles. The number of nitrogens with one attached hydrogen (secondary N) is 2. The van der Waals surface area contributed by atoms with Crippen LogP contribution in [-0.4, -0.2) is 30.8 Å². The third kappa shape index (κ3) is 6.12. The van der Waals surface area contributed by atoms with Crippen LogP contribution < -0.4 is 10.6 Å². The maximum absolute atomic E-state index is 13.8. The van der Waals surface area contributed by atoms with Crippen molar-refractivity contribution in [2.24, 2.45) is 4.99 Å². The highest BCUT2D eigenvalue weighted by Crippen LogP contribution is 2.16. The maximum atomic E-state index is 13.8. The lowest BCUT2D eigenvalue weighted by atomic mass is 10.1. The van der Waals surface area contributed by atoms with Crippen molar-refractivity contribution in [2.75, 3.05) is 19.6 Å². The van der Waals surface area contributed by atoms with Crippen molar-refractivity contribution in [3.8, 4) is 0 Å². The number of aliphatic imine (C=N–C) groups is 1. The number of rotatable bonds is 8. The first-order valence-corrected chi connectivity index (χ1v) is 9.68. The van der Waals surface area contributed by atoms with Gasteiger partial charge in [0.05, 0.1) is 5.69 Å². The lowest BCUT2D eigenvalue weighted by molar-refractivity contribution is 0.392. The van der Waals surface area contributed by atoms with Gasteiger partial charge in [0.2, 0.25) is 0 Å². The Hall–Kier alpha value is -1.89.